The molecule has 6 bridgehead atoms. The van der Waals surface area contributed by atoms with Crippen molar-refractivity contribution in [1.82, 2.24) is 31.1 Å². The molecule has 1 saturated heterocycles. The van der Waals surface area contributed by atoms with Crippen molar-refractivity contribution in [2.45, 2.75) is 76.3 Å². The molecular weight excluding hydrogens is 734 g/mol. The molecule has 0 saturated carbocycles. The lowest BCUT2D eigenvalue weighted by atomic mass is 9.97. The monoisotopic (exact) mass is 781 g/mol. The molecule has 0 radical (unpaired) electrons. The zero-order valence-corrected chi connectivity index (χ0v) is 32.9. The Morgan fingerprint density at radius 1 is 0.719 bits per heavy atom. The predicted octanol–water partition coefficient (Wildman–Crippen LogP) is 1.38. The quantitative estimate of drug-likeness (QED) is 0.299. The number of nitriles is 1. The highest BCUT2D eigenvalue weighted by atomic mass is 16.5. The number of carbonyl (C=O) groups excluding carboxylic acids is 6. The Morgan fingerprint density at radius 3 is 1.95 bits per heavy atom. The van der Waals surface area contributed by atoms with Gasteiger partial charge < -0.3 is 45.3 Å². The maximum absolute atomic E-state index is 14.4. The molecule has 4 N–H and O–H groups in total. The van der Waals surface area contributed by atoms with Gasteiger partial charge in [-0.05, 0) is 67.8 Å². The number of nitrogens with zero attached hydrogens (tertiary/aromatic N) is 3. The Kier molecular flexibility index (Phi) is 13.0. The summed E-state index contributed by atoms with van der Waals surface area (Å²) >= 11 is 0. The molecule has 1 fully saturated rings. The minimum atomic E-state index is -1.36. The highest BCUT2D eigenvalue weighted by molar-refractivity contribution is 5.98. The Labute approximate surface area is 330 Å². The summed E-state index contributed by atoms with van der Waals surface area (Å²) in [6.45, 7) is 4.34. The van der Waals surface area contributed by atoms with Gasteiger partial charge in [-0.25, -0.2) is 0 Å². The average Bonchev–Trinajstić information content (AvgIpc) is 3.20. The van der Waals surface area contributed by atoms with E-state index in [0.717, 1.165) is 0 Å². The first-order valence-electron chi connectivity index (χ1n) is 18.4. The van der Waals surface area contributed by atoms with E-state index in [1.165, 1.54) is 65.0 Å². The van der Waals surface area contributed by atoms with Crippen molar-refractivity contribution in [2.75, 3.05) is 28.3 Å². The molecule has 16 heteroatoms. The van der Waals surface area contributed by atoms with Gasteiger partial charge in [0.1, 0.15) is 47.8 Å². The van der Waals surface area contributed by atoms with Crippen molar-refractivity contribution >= 4 is 35.4 Å². The van der Waals surface area contributed by atoms with E-state index in [4.69, 9.17) is 14.2 Å². The molecule has 3 aromatic rings. The number of likely N-dealkylation sites (N-methyl/N-ethyl adjacent to an activating group) is 2. The second-order valence-electron chi connectivity index (χ2n) is 14.2. The van der Waals surface area contributed by atoms with Crippen LogP contribution in [0.1, 0.15) is 43.0 Å². The average molecular weight is 782 g/mol. The van der Waals surface area contributed by atoms with Crippen molar-refractivity contribution in [3.63, 3.8) is 0 Å². The molecule has 0 spiro atoms. The maximum atomic E-state index is 14.4. The molecule has 0 unspecified atom stereocenters. The first-order chi connectivity index (χ1) is 27.1. The Morgan fingerprint density at radius 2 is 1.33 bits per heavy atom. The van der Waals surface area contributed by atoms with Crippen LogP contribution in [-0.4, -0.2) is 110 Å². The van der Waals surface area contributed by atoms with E-state index in [1.807, 2.05) is 0 Å². The standard InChI is InChI=1S/C41H47N7O9/c1-22-36(49)44-23(2)40(53)47(4)32(16-25-8-12-29(55-6)13-9-25)38(51)45-24(3)41(54)48(5)33-17-26-10-14-30(15-11-26)57-35-19-27(28(21-42)20-34(35)56-7)18-31(37(50)43-22)46-39(33)52/h8-15,19-20,22-24,31-33H,16-18H2,1-7H3,(H,43,50)(H,44,49)(H,45,51)(H,46,52)/t22-,23+,24+,31+,32+,33+/m1/s1. The third kappa shape index (κ3) is 9.61. The number of amides is 6. The van der Waals surface area contributed by atoms with Crippen molar-refractivity contribution in [1.29, 1.82) is 5.26 Å². The summed E-state index contributed by atoms with van der Waals surface area (Å²) in [6.07, 6.45) is -0.175. The van der Waals surface area contributed by atoms with Crippen molar-refractivity contribution in [3.05, 3.63) is 82.9 Å². The van der Waals surface area contributed by atoms with Gasteiger partial charge in [-0.1, -0.05) is 24.3 Å². The van der Waals surface area contributed by atoms with E-state index >= 15 is 0 Å². The lowest BCUT2D eigenvalue weighted by molar-refractivity contribution is -0.145. The molecular formula is C41H47N7O9. The maximum Gasteiger partial charge on any atom is 0.245 e. The number of methoxy groups -OCH3 is 2. The van der Waals surface area contributed by atoms with Gasteiger partial charge in [0.25, 0.3) is 0 Å². The van der Waals surface area contributed by atoms with Crippen LogP contribution in [0.15, 0.2) is 60.7 Å². The number of rotatable bonds is 4. The highest BCUT2D eigenvalue weighted by Gasteiger charge is 2.37. The second kappa shape index (κ2) is 17.9. The summed E-state index contributed by atoms with van der Waals surface area (Å²) in [5.74, 6) is -2.52. The lowest BCUT2D eigenvalue weighted by Crippen LogP contribution is -2.61. The van der Waals surface area contributed by atoms with Gasteiger partial charge in [-0.3, -0.25) is 28.8 Å². The van der Waals surface area contributed by atoms with Gasteiger partial charge in [0.2, 0.25) is 35.4 Å². The molecule has 3 aliphatic heterocycles. The van der Waals surface area contributed by atoms with E-state index in [0.29, 0.717) is 28.2 Å². The predicted molar refractivity (Wildman–Crippen MR) is 206 cm³/mol. The van der Waals surface area contributed by atoms with Crippen molar-refractivity contribution < 1.29 is 43.0 Å². The van der Waals surface area contributed by atoms with Gasteiger partial charge >= 0.3 is 0 Å². The van der Waals surface area contributed by atoms with E-state index in [2.05, 4.69) is 27.3 Å². The third-order valence-corrected chi connectivity index (χ3v) is 10.2. The smallest absolute Gasteiger partial charge is 0.245 e. The number of benzene rings is 3. The summed E-state index contributed by atoms with van der Waals surface area (Å²) in [4.78, 5) is 86.3. The van der Waals surface area contributed by atoms with Gasteiger partial charge in [0.05, 0.1) is 25.9 Å². The van der Waals surface area contributed by atoms with Crippen molar-refractivity contribution in [3.8, 4) is 29.1 Å². The third-order valence-electron chi connectivity index (χ3n) is 10.2. The number of carbonyl (C=O) groups is 6. The van der Waals surface area contributed by atoms with Gasteiger partial charge in [0.15, 0.2) is 11.5 Å². The molecule has 300 valence electrons. The molecule has 6 rings (SSSR count). The summed E-state index contributed by atoms with van der Waals surface area (Å²) in [5.41, 5.74) is 1.80. The Balaban J connectivity index is 1.58. The fourth-order valence-corrected chi connectivity index (χ4v) is 6.72. The molecule has 3 aliphatic rings. The zero-order chi connectivity index (χ0) is 41.6. The fourth-order valence-electron chi connectivity index (χ4n) is 6.72. The van der Waals surface area contributed by atoms with Gasteiger partial charge in [-0.2, -0.15) is 5.26 Å². The fraction of sp³-hybridized carbons (Fsp3) is 0.390. The van der Waals surface area contributed by atoms with Crippen LogP contribution in [0.3, 0.4) is 0 Å². The number of ether oxygens (including phenoxy) is 3. The summed E-state index contributed by atoms with van der Waals surface area (Å²) < 4.78 is 16.9. The number of fused-ring (bicyclic) bond motifs is 2. The van der Waals surface area contributed by atoms with Crippen LogP contribution in [-0.2, 0) is 48.0 Å². The normalized spacial score (nSPS) is 23.8. The topological polar surface area (TPSA) is 208 Å². The molecule has 6 amide bonds. The zero-order valence-electron chi connectivity index (χ0n) is 32.9. The molecule has 0 aromatic heterocycles. The van der Waals surface area contributed by atoms with Crippen LogP contribution < -0.4 is 35.5 Å². The molecule has 16 nitrogen and oxygen atoms in total. The van der Waals surface area contributed by atoms with E-state index in [-0.39, 0.29) is 36.3 Å². The van der Waals surface area contributed by atoms with Crippen LogP contribution in [0.4, 0.5) is 0 Å². The van der Waals surface area contributed by atoms with Crippen LogP contribution in [0, 0.1) is 11.3 Å². The Bertz CT molecular complexity index is 2070. The Hall–Kier alpha value is -6.63. The largest absolute Gasteiger partial charge is 0.497 e. The molecule has 0 aliphatic carbocycles. The van der Waals surface area contributed by atoms with Crippen LogP contribution in [0.5, 0.6) is 23.0 Å². The molecule has 3 aromatic carbocycles. The SMILES string of the molecule is COc1ccc(C[C@H]2C(=O)N[C@@H](C)C(=O)N(C)[C@H]3Cc4ccc(cc4)Oc4cc(c(C#N)cc4OC)C[C@H](NC3=O)C(=O)N[C@H](C)C(=O)N[C@@H](C)C(=O)N2C)cc1. The van der Waals surface area contributed by atoms with E-state index in [1.54, 1.807) is 54.6 Å². The van der Waals surface area contributed by atoms with Crippen LogP contribution >= 0.6 is 0 Å². The molecule has 3 heterocycles. The van der Waals surface area contributed by atoms with Gasteiger partial charge in [-0.15, -0.1) is 0 Å². The first kappa shape index (κ1) is 41.5. The summed E-state index contributed by atoms with van der Waals surface area (Å²) in [7, 11) is 5.80. The number of nitrogens with one attached hydrogen (secondary N) is 4. The van der Waals surface area contributed by atoms with Crippen LogP contribution in [0.2, 0.25) is 0 Å². The van der Waals surface area contributed by atoms with Crippen molar-refractivity contribution in [2.24, 2.45) is 0 Å². The lowest BCUT2D eigenvalue weighted by Gasteiger charge is -2.34. The molecule has 57 heavy (non-hydrogen) atoms. The summed E-state index contributed by atoms with van der Waals surface area (Å²) in [6, 6.07) is 11.6. The van der Waals surface area contributed by atoms with Crippen LogP contribution in [0.25, 0.3) is 0 Å². The number of hydrogen-bond donors (Lipinski definition) is 4. The van der Waals surface area contributed by atoms with E-state index in [9.17, 15) is 34.0 Å². The first-order valence-corrected chi connectivity index (χ1v) is 18.4. The minimum absolute atomic E-state index is 0.00451. The minimum Gasteiger partial charge on any atom is -0.497 e. The highest BCUT2D eigenvalue weighted by Crippen LogP contribution is 2.35. The van der Waals surface area contributed by atoms with Gasteiger partial charge in [0, 0.05) is 39.4 Å². The number of hydrogen-bond acceptors (Lipinski definition) is 10. The second-order valence-corrected chi connectivity index (χ2v) is 14.2. The summed E-state index contributed by atoms with van der Waals surface area (Å²) in [5, 5.41) is 20.8. The van der Waals surface area contributed by atoms with E-state index < -0.39 is 71.7 Å². The molecule has 6 atom stereocenters.